The second-order valence-corrected chi connectivity index (χ2v) is 8.07. The van der Waals surface area contributed by atoms with Crippen molar-refractivity contribution in [3.63, 3.8) is 0 Å². The molecule has 0 saturated carbocycles. The molecule has 7 heteroatoms. The second-order valence-electron chi connectivity index (χ2n) is 5.80. The Labute approximate surface area is 139 Å². The van der Waals surface area contributed by atoms with Gasteiger partial charge >= 0.3 is 7.60 Å². The number of hydrogen-bond donors (Lipinski definition) is 0. The Kier molecular flexibility index (Phi) is 10.4. The first-order valence-electron chi connectivity index (χ1n) is 8.65. The summed E-state index contributed by atoms with van der Waals surface area (Å²) in [6.45, 7) is 2.24. The summed E-state index contributed by atoms with van der Waals surface area (Å²) < 4.78 is 27.2. The van der Waals surface area contributed by atoms with Crippen LogP contribution in [0.5, 0.6) is 0 Å². The maximum absolute atomic E-state index is 12.0. The summed E-state index contributed by atoms with van der Waals surface area (Å²) in [6, 6.07) is 0. The fourth-order valence-electron chi connectivity index (χ4n) is 2.41. The van der Waals surface area contributed by atoms with Crippen LogP contribution in [0, 0.1) is 0 Å². The molecule has 0 aliphatic carbocycles. The number of aromatic nitrogens is 2. The number of rotatable bonds is 14. The lowest BCUT2D eigenvalue weighted by molar-refractivity contribution is 0.271. The zero-order valence-corrected chi connectivity index (χ0v) is 15.6. The lowest BCUT2D eigenvalue weighted by Gasteiger charge is -2.10. The highest BCUT2D eigenvalue weighted by atomic mass is 31.2. The van der Waals surface area contributed by atoms with Crippen molar-refractivity contribution in [1.82, 2.24) is 10.2 Å². The van der Waals surface area contributed by atoms with Crippen molar-refractivity contribution in [2.45, 2.75) is 77.3 Å². The Morgan fingerprint density at radius 2 is 1.39 bits per heavy atom. The van der Waals surface area contributed by atoms with Gasteiger partial charge in [0.05, 0.1) is 0 Å². The van der Waals surface area contributed by atoms with Crippen molar-refractivity contribution in [2.75, 3.05) is 14.2 Å². The molecule has 0 amide bonds. The lowest BCUT2D eigenvalue weighted by atomic mass is 10.1. The molecule has 0 aliphatic rings. The largest absolute Gasteiger partial charge is 0.425 e. The second kappa shape index (κ2) is 11.8. The van der Waals surface area contributed by atoms with Gasteiger partial charge in [-0.25, -0.2) is 0 Å². The van der Waals surface area contributed by atoms with Gasteiger partial charge in [-0.2, -0.15) is 0 Å². The quantitative estimate of drug-likeness (QED) is 0.343. The summed E-state index contributed by atoms with van der Waals surface area (Å²) in [7, 11) is -0.437. The van der Waals surface area contributed by atoms with E-state index in [1.807, 2.05) is 0 Å². The van der Waals surface area contributed by atoms with E-state index in [0.29, 0.717) is 11.8 Å². The fraction of sp³-hybridized carbons (Fsp3) is 0.875. The molecule has 1 aromatic rings. The van der Waals surface area contributed by atoms with E-state index in [-0.39, 0.29) is 6.16 Å². The maximum atomic E-state index is 12.0. The molecule has 0 fully saturated rings. The molecule has 0 spiro atoms. The minimum absolute atomic E-state index is 0.0186. The molecule has 1 heterocycles. The highest BCUT2D eigenvalue weighted by Crippen LogP contribution is 2.49. The van der Waals surface area contributed by atoms with Gasteiger partial charge in [-0.1, -0.05) is 58.3 Å². The van der Waals surface area contributed by atoms with Crippen LogP contribution < -0.4 is 0 Å². The van der Waals surface area contributed by atoms with E-state index in [4.69, 9.17) is 13.5 Å². The smallest absolute Gasteiger partial charge is 0.339 e. The van der Waals surface area contributed by atoms with Crippen molar-refractivity contribution < 1.29 is 18.0 Å². The van der Waals surface area contributed by atoms with Gasteiger partial charge in [-0.3, -0.25) is 4.57 Å². The van der Waals surface area contributed by atoms with Gasteiger partial charge in [-0.15, -0.1) is 10.2 Å². The Balaban J connectivity index is 2.13. The average Bonchev–Trinajstić information content (AvgIpc) is 3.00. The van der Waals surface area contributed by atoms with Crippen LogP contribution in [0.3, 0.4) is 0 Å². The minimum Gasteiger partial charge on any atom is -0.425 e. The molecule has 0 aliphatic heterocycles. The summed E-state index contributed by atoms with van der Waals surface area (Å²) in [5.74, 6) is 0.907. The maximum Gasteiger partial charge on any atom is 0.339 e. The Hall–Kier alpha value is -0.710. The van der Waals surface area contributed by atoms with Gasteiger partial charge in [0, 0.05) is 20.6 Å². The van der Waals surface area contributed by atoms with Gasteiger partial charge in [-0.05, 0) is 6.42 Å². The van der Waals surface area contributed by atoms with E-state index >= 15 is 0 Å². The molecule has 134 valence electrons. The van der Waals surface area contributed by atoms with Crippen molar-refractivity contribution in [2.24, 2.45) is 0 Å². The zero-order chi connectivity index (χ0) is 17.0. The number of unbranched alkanes of at least 4 members (excludes halogenated alkanes) is 8. The van der Waals surface area contributed by atoms with Crippen LogP contribution in [0.4, 0.5) is 0 Å². The minimum atomic E-state index is -3.14. The number of aryl methyl sites for hydroxylation is 1. The van der Waals surface area contributed by atoms with Crippen LogP contribution in [0.15, 0.2) is 4.42 Å². The molecular formula is C16H31N2O4P. The molecule has 23 heavy (non-hydrogen) atoms. The van der Waals surface area contributed by atoms with Crippen LogP contribution >= 0.6 is 7.60 Å². The molecule has 0 aromatic carbocycles. The predicted molar refractivity (Wildman–Crippen MR) is 90.6 cm³/mol. The van der Waals surface area contributed by atoms with Gasteiger partial charge in [0.2, 0.25) is 11.8 Å². The molecule has 0 radical (unpaired) electrons. The van der Waals surface area contributed by atoms with E-state index in [0.717, 1.165) is 12.8 Å². The van der Waals surface area contributed by atoms with E-state index in [9.17, 15) is 4.57 Å². The van der Waals surface area contributed by atoms with Crippen LogP contribution in [0.2, 0.25) is 0 Å². The highest BCUT2D eigenvalue weighted by Gasteiger charge is 2.25. The molecule has 0 saturated heterocycles. The van der Waals surface area contributed by atoms with Gasteiger partial charge in [0.25, 0.3) is 0 Å². The highest BCUT2D eigenvalue weighted by molar-refractivity contribution is 7.52. The van der Waals surface area contributed by atoms with E-state index in [1.54, 1.807) is 0 Å². The van der Waals surface area contributed by atoms with Crippen LogP contribution in [-0.4, -0.2) is 24.4 Å². The van der Waals surface area contributed by atoms with Gasteiger partial charge < -0.3 is 13.5 Å². The molecular weight excluding hydrogens is 315 g/mol. The summed E-state index contributed by atoms with van der Waals surface area (Å²) in [5.41, 5.74) is 0. The monoisotopic (exact) mass is 346 g/mol. The van der Waals surface area contributed by atoms with Crippen molar-refractivity contribution >= 4 is 7.60 Å². The third-order valence-corrected chi connectivity index (χ3v) is 5.66. The third kappa shape index (κ3) is 8.63. The average molecular weight is 346 g/mol. The third-order valence-electron chi connectivity index (χ3n) is 3.89. The zero-order valence-electron chi connectivity index (χ0n) is 14.8. The predicted octanol–water partition coefficient (Wildman–Crippen LogP) is 5.13. The van der Waals surface area contributed by atoms with E-state index in [1.165, 1.54) is 65.6 Å². The molecule has 0 bridgehead atoms. The molecule has 0 atom stereocenters. The summed E-state index contributed by atoms with van der Waals surface area (Å²) in [4.78, 5) is 0. The van der Waals surface area contributed by atoms with Gasteiger partial charge in [0.1, 0.15) is 6.16 Å². The van der Waals surface area contributed by atoms with Crippen molar-refractivity contribution in [1.29, 1.82) is 0 Å². The molecule has 1 aromatic heterocycles. The Morgan fingerprint density at radius 1 is 0.870 bits per heavy atom. The first-order valence-corrected chi connectivity index (χ1v) is 10.4. The summed E-state index contributed by atoms with van der Waals surface area (Å²) in [5, 5.41) is 7.89. The molecule has 0 unspecified atom stereocenters. The summed E-state index contributed by atoms with van der Waals surface area (Å²) >= 11 is 0. The fourth-order valence-corrected chi connectivity index (χ4v) is 3.28. The van der Waals surface area contributed by atoms with E-state index < -0.39 is 7.60 Å². The lowest BCUT2D eigenvalue weighted by Crippen LogP contribution is -1.93. The summed E-state index contributed by atoms with van der Waals surface area (Å²) in [6.07, 6.45) is 12.3. The molecule has 0 N–H and O–H groups in total. The molecule has 6 nitrogen and oxygen atoms in total. The van der Waals surface area contributed by atoms with Crippen LogP contribution in [0.25, 0.3) is 0 Å². The first kappa shape index (κ1) is 20.3. The Morgan fingerprint density at radius 3 is 1.96 bits per heavy atom. The van der Waals surface area contributed by atoms with Crippen LogP contribution in [-0.2, 0) is 26.2 Å². The SMILES string of the molecule is CCCCCCCCCCCc1nnc(CP(=O)(OC)OC)o1. The van der Waals surface area contributed by atoms with Crippen molar-refractivity contribution in [3.8, 4) is 0 Å². The number of hydrogen-bond acceptors (Lipinski definition) is 6. The van der Waals surface area contributed by atoms with Crippen molar-refractivity contribution in [3.05, 3.63) is 11.8 Å². The number of nitrogens with zero attached hydrogens (tertiary/aromatic N) is 2. The standard InChI is InChI=1S/C16H31N2O4P/c1-4-5-6-7-8-9-10-11-12-13-15-17-18-16(22-15)14-23(19,20-2)21-3/h4-14H2,1-3H3. The molecule has 1 rings (SSSR count). The topological polar surface area (TPSA) is 74.5 Å². The van der Waals surface area contributed by atoms with Gasteiger partial charge in [0.15, 0.2) is 0 Å². The van der Waals surface area contributed by atoms with E-state index in [2.05, 4.69) is 17.1 Å². The normalized spacial score (nSPS) is 12.0. The van der Waals surface area contributed by atoms with Crippen LogP contribution in [0.1, 0.15) is 76.5 Å². The Bertz CT molecular complexity index is 457. The first-order chi connectivity index (χ1) is 11.1.